The third kappa shape index (κ3) is 5.05. The van der Waals surface area contributed by atoms with Crippen LogP contribution in [0.2, 0.25) is 5.02 Å². The maximum atomic E-state index is 17.1. The van der Waals surface area contributed by atoms with Crippen LogP contribution in [-0.4, -0.2) is 65.7 Å². The maximum Gasteiger partial charge on any atom is 0.319 e. The van der Waals surface area contributed by atoms with E-state index in [2.05, 4.69) is 32.9 Å². The number of hydrogen-bond acceptors (Lipinski definition) is 8. The molecule has 5 heterocycles. The number of anilines is 2. The van der Waals surface area contributed by atoms with Gasteiger partial charge in [0.1, 0.15) is 30.4 Å². The summed E-state index contributed by atoms with van der Waals surface area (Å²) in [6.45, 7) is 17.4. The summed E-state index contributed by atoms with van der Waals surface area (Å²) in [4.78, 5) is 16.6. The molecule has 2 N–H and O–H groups in total. The van der Waals surface area contributed by atoms with E-state index in [1.807, 2.05) is 0 Å². The van der Waals surface area contributed by atoms with Crippen LogP contribution in [0.25, 0.3) is 37.0 Å². The van der Waals surface area contributed by atoms with E-state index in [-0.39, 0.29) is 90.7 Å². The average molecular weight is 685 g/mol. The van der Waals surface area contributed by atoms with Crippen LogP contribution in [0.3, 0.4) is 0 Å². The highest BCUT2D eigenvalue weighted by Crippen LogP contribution is 2.53. The Morgan fingerprint density at radius 3 is 2.85 bits per heavy atom. The molecule has 0 saturated carbocycles. The normalized spacial score (nSPS) is 20.9. The highest BCUT2D eigenvalue weighted by atomic mass is 35.5. The third-order valence-corrected chi connectivity index (χ3v) is 10.6. The number of hydrogen-bond donors (Lipinski definition) is 1. The molecule has 8 nitrogen and oxygen atoms in total. The molecular weight excluding hydrogens is 656 g/mol. The summed E-state index contributed by atoms with van der Waals surface area (Å²) in [5.74, 6) is -1.40. The van der Waals surface area contributed by atoms with Crippen LogP contribution in [0, 0.1) is 18.2 Å². The number of thiophene rings is 1. The van der Waals surface area contributed by atoms with Crippen LogP contribution in [-0.2, 0) is 0 Å². The lowest BCUT2D eigenvalue weighted by Gasteiger charge is -2.31. The van der Waals surface area contributed by atoms with Gasteiger partial charge in [-0.3, -0.25) is 4.90 Å². The summed E-state index contributed by atoms with van der Waals surface area (Å²) in [5, 5.41) is 0.0849. The first-order chi connectivity index (χ1) is 22.6. The van der Waals surface area contributed by atoms with Gasteiger partial charge in [-0.25, -0.2) is 22.4 Å². The van der Waals surface area contributed by atoms with Gasteiger partial charge in [0.05, 0.1) is 38.3 Å². The monoisotopic (exact) mass is 684 g/mol. The van der Waals surface area contributed by atoms with Crippen molar-refractivity contribution in [2.75, 3.05) is 43.5 Å². The molecule has 14 heteroatoms. The predicted molar refractivity (Wildman–Crippen MR) is 176 cm³/mol. The fourth-order valence-corrected chi connectivity index (χ4v) is 8.41. The van der Waals surface area contributed by atoms with Crippen molar-refractivity contribution in [3.05, 3.63) is 65.0 Å². The second-order valence-corrected chi connectivity index (χ2v) is 13.5. The number of nitrogen functional groups attached to an aromatic ring is 1. The molecule has 0 amide bonds. The minimum absolute atomic E-state index is 0.0173. The molecule has 47 heavy (non-hydrogen) atoms. The summed E-state index contributed by atoms with van der Waals surface area (Å²) in [7, 11) is 0. The Morgan fingerprint density at radius 2 is 2.11 bits per heavy atom. The number of alkyl halides is 2. The Hall–Kier alpha value is -4.12. The van der Waals surface area contributed by atoms with Crippen molar-refractivity contribution < 1.29 is 27.0 Å². The fourth-order valence-electron chi connectivity index (χ4n) is 7.14. The predicted octanol–water partition coefficient (Wildman–Crippen LogP) is 8.16. The molecule has 3 aliphatic rings. The van der Waals surface area contributed by atoms with Crippen LogP contribution in [0.1, 0.15) is 25.7 Å². The number of ether oxygens (including phenoxy) is 2. The van der Waals surface area contributed by atoms with E-state index in [0.29, 0.717) is 0 Å². The Balaban J connectivity index is 1.47. The van der Waals surface area contributed by atoms with Gasteiger partial charge >= 0.3 is 6.01 Å². The van der Waals surface area contributed by atoms with E-state index >= 15 is 4.39 Å². The molecule has 4 aromatic rings. The van der Waals surface area contributed by atoms with Crippen LogP contribution < -0.4 is 20.1 Å². The topological polar surface area (TPSA) is 81.1 Å². The van der Waals surface area contributed by atoms with Crippen LogP contribution in [0.5, 0.6) is 11.8 Å². The van der Waals surface area contributed by atoms with Crippen LogP contribution in [0.15, 0.2) is 36.9 Å². The number of benzene rings is 2. The summed E-state index contributed by atoms with van der Waals surface area (Å²) in [6, 6.07) is 1.70. The van der Waals surface area contributed by atoms with E-state index in [1.54, 1.807) is 4.90 Å². The van der Waals surface area contributed by atoms with Gasteiger partial charge in [-0.15, -0.1) is 17.9 Å². The van der Waals surface area contributed by atoms with Gasteiger partial charge in [0, 0.05) is 30.5 Å². The van der Waals surface area contributed by atoms with Gasteiger partial charge < -0.3 is 20.1 Å². The molecule has 2 atom stereocenters. The number of fused-ring (bicyclic) bond motifs is 2. The smallest absolute Gasteiger partial charge is 0.319 e. The molecular formula is C33H29ClF4N6O2S. The van der Waals surface area contributed by atoms with E-state index < -0.39 is 30.5 Å². The fraction of sp³-hybridized carbons (Fsp3) is 0.364. The number of nitrogens with two attached hydrogens (primary N) is 1. The molecule has 2 saturated heterocycles. The van der Waals surface area contributed by atoms with Crippen molar-refractivity contribution in [2.45, 2.75) is 43.7 Å². The van der Waals surface area contributed by atoms with Gasteiger partial charge in [-0.05, 0) is 37.4 Å². The molecule has 2 aromatic heterocycles. The quantitative estimate of drug-likeness (QED) is 0.114. The van der Waals surface area contributed by atoms with Crippen LogP contribution in [0.4, 0.5) is 34.1 Å². The molecule has 7 rings (SSSR count). The molecule has 0 bridgehead atoms. The first kappa shape index (κ1) is 31.5. The summed E-state index contributed by atoms with van der Waals surface area (Å²) < 4.78 is 71.6. The average Bonchev–Trinajstić information content (AvgIpc) is 3.65. The molecule has 2 fully saturated rings. The zero-order chi connectivity index (χ0) is 33.2. The summed E-state index contributed by atoms with van der Waals surface area (Å²) in [5.41, 5.74) is 6.55. The minimum Gasteiger partial charge on any atom is -0.489 e. The molecule has 0 aliphatic carbocycles. The zero-order valence-corrected chi connectivity index (χ0v) is 26.7. The van der Waals surface area contributed by atoms with Gasteiger partial charge in [0.2, 0.25) is 12.1 Å². The second kappa shape index (κ2) is 11.8. The number of halogens is 5. The van der Waals surface area contributed by atoms with E-state index in [4.69, 9.17) is 33.4 Å². The Bertz CT molecular complexity index is 2020. The molecule has 1 unspecified atom stereocenters. The van der Waals surface area contributed by atoms with E-state index in [1.165, 1.54) is 12.1 Å². The lowest BCUT2D eigenvalue weighted by atomic mass is 9.94. The minimum atomic E-state index is -2.61. The van der Waals surface area contributed by atoms with Crippen molar-refractivity contribution in [2.24, 2.45) is 0 Å². The van der Waals surface area contributed by atoms with E-state index in [0.717, 1.165) is 55.3 Å². The molecule has 0 radical (unpaired) electrons. The summed E-state index contributed by atoms with van der Waals surface area (Å²) in [6.07, 6.45) is 1.04. The van der Waals surface area contributed by atoms with Gasteiger partial charge in [-0.2, -0.15) is 9.97 Å². The van der Waals surface area contributed by atoms with Crippen molar-refractivity contribution in [1.29, 1.82) is 0 Å². The largest absolute Gasteiger partial charge is 0.489 e. The molecule has 0 spiro atoms. The van der Waals surface area contributed by atoms with Crippen LogP contribution >= 0.6 is 22.9 Å². The standard InChI is InChI=1S/C33H29ClF4N6O2S/c1-4-17-14-45-28-23-26(25(38)21(24(28)34)18-6-7-19(35)29-22(18)27(40-3)30(39)47-29)41-32(42-31(23)44(17)11-8-20(36)37)46-15-33-9-5-10-43(33)13-16(2)12-33/h4,6-7,17,20H,1-2,5,8-15,39H2/t17?,33-/m0/s1. The van der Waals surface area contributed by atoms with Gasteiger partial charge in [0.25, 0.3) is 0 Å². The Kier molecular flexibility index (Phi) is 7.93. The lowest BCUT2D eigenvalue weighted by Crippen LogP contribution is -2.43. The van der Waals surface area contributed by atoms with Crippen molar-refractivity contribution in [3.63, 3.8) is 0 Å². The third-order valence-electron chi connectivity index (χ3n) is 9.25. The van der Waals surface area contributed by atoms with Crippen molar-refractivity contribution >= 4 is 60.4 Å². The van der Waals surface area contributed by atoms with Gasteiger partial charge in [0.15, 0.2) is 11.6 Å². The van der Waals surface area contributed by atoms with E-state index in [9.17, 15) is 13.2 Å². The van der Waals surface area contributed by atoms with Gasteiger partial charge in [-0.1, -0.05) is 35.9 Å². The SMILES string of the molecule is [C-]#[N+]c1c(N)sc2c(F)ccc(-c3c(Cl)c4c5c(nc(OC[C@@]67CCCN6CC(=C)C7)nc5c3F)N(CCC(F)F)C(C=C)CO4)c12. The number of aromatic nitrogens is 2. The lowest BCUT2D eigenvalue weighted by molar-refractivity contribution is 0.108. The maximum absolute atomic E-state index is 17.1. The van der Waals surface area contributed by atoms with Crippen molar-refractivity contribution in [3.8, 4) is 22.9 Å². The Labute approximate surface area is 276 Å². The second-order valence-electron chi connectivity index (χ2n) is 12.1. The molecule has 2 aromatic carbocycles. The molecule has 3 aliphatic heterocycles. The zero-order valence-electron chi connectivity index (χ0n) is 25.1. The summed E-state index contributed by atoms with van der Waals surface area (Å²) >= 11 is 7.82. The first-order valence-electron chi connectivity index (χ1n) is 15.0. The van der Waals surface area contributed by atoms with Crippen molar-refractivity contribution in [1.82, 2.24) is 14.9 Å². The highest BCUT2D eigenvalue weighted by molar-refractivity contribution is 7.23. The number of rotatable bonds is 8. The first-order valence-corrected chi connectivity index (χ1v) is 16.2. The molecule has 244 valence electrons. The highest BCUT2D eigenvalue weighted by Gasteiger charge is 2.46. The number of nitrogens with zero attached hydrogens (tertiary/aromatic N) is 5. The Morgan fingerprint density at radius 1 is 1.30 bits per heavy atom.